The van der Waals surface area contributed by atoms with Gasteiger partial charge in [0.25, 0.3) is 10.0 Å². The molecule has 3 N–H and O–H groups in total. The van der Waals surface area contributed by atoms with Gasteiger partial charge in [-0.25, -0.2) is 8.42 Å². The van der Waals surface area contributed by atoms with Crippen molar-refractivity contribution < 1.29 is 13.2 Å². The number of nitrogens with two attached hydrogens (primary N) is 1. The monoisotopic (exact) mass is 356 g/mol. The molecule has 0 unspecified atom stereocenters. The topological polar surface area (TPSA) is 81.4 Å². The van der Waals surface area contributed by atoms with Crippen molar-refractivity contribution in [2.45, 2.75) is 4.90 Å². The summed E-state index contributed by atoms with van der Waals surface area (Å²) in [5.41, 5.74) is 6.52. The molecule has 0 atom stereocenters. The van der Waals surface area contributed by atoms with E-state index in [9.17, 15) is 8.42 Å². The van der Waals surface area contributed by atoms with E-state index in [0.29, 0.717) is 17.1 Å². The summed E-state index contributed by atoms with van der Waals surface area (Å²) in [5, 5.41) is 0. The first-order chi connectivity index (χ1) is 9.42. The molecule has 0 aliphatic heterocycles. The van der Waals surface area contributed by atoms with Gasteiger partial charge in [0.15, 0.2) is 0 Å². The Bertz CT molecular complexity index is 715. The van der Waals surface area contributed by atoms with E-state index in [1.807, 2.05) is 0 Å². The maximum atomic E-state index is 12.2. The molecule has 2 rings (SSSR count). The third-order valence-corrected chi connectivity index (χ3v) is 4.54. The van der Waals surface area contributed by atoms with Gasteiger partial charge in [-0.2, -0.15) is 0 Å². The zero-order valence-corrected chi connectivity index (χ0v) is 13.0. The molecule has 0 radical (unpaired) electrons. The number of anilines is 2. The molecule has 0 saturated carbocycles. The van der Waals surface area contributed by atoms with Crippen LogP contribution in [-0.4, -0.2) is 15.5 Å². The number of nitrogen functional groups attached to an aromatic ring is 1. The molecule has 5 nitrogen and oxygen atoms in total. The molecule has 0 spiro atoms. The number of sulfonamides is 1. The van der Waals surface area contributed by atoms with Gasteiger partial charge in [-0.3, -0.25) is 4.72 Å². The number of ether oxygens (including phenoxy) is 1. The number of methoxy groups -OCH3 is 1. The predicted octanol–water partition coefficient (Wildman–Crippen LogP) is 2.84. The summed E-state index contributed by atoms with van der Waals surface area (Å²) in [6.07, 6.45) is 0. The van der Waals surface area contributed by atoms with Gasteiger partial charge in [0.1, 0.15) is 5.75 Å². The van der Waals surface area contributed by atoms with E-state index in [2.05, 4.69) is 20.7 Å². The molecule has 20 heavy (non-hydrogen) atoms. The van der Waals surface area contributed by atoms with E-state index >= 15 is 0 Å². The largest absolute Gasteiger partial charge is 0.495 e. The highest BCUT2D eigenvalue weighted by atomic mass is 79.9. The summed E-state index contributed by atoms with van der Waals surface area (Å²) in [4.78, 5) is 0.177. The molecule has 2 aromatic rings. The fraction of sp³-hybridized carbons (Fsp3) is 0.0769. The lowest BCUT2D eigenvalue weighted by Crippen LogP contribution is -2.13. The minimum absolute atomic E-state index is 0.177. The molecule has 0 fully saturated rings. The Morgan fingerprint density at radius 2 is 1.80 bits per heavy atom. The Balaban J connectivity index is 2.30. The number of benzene rings is 2. The molecular weight excluding hydrogens is 344 g/mol. The minimum atomic E-state index is -3.64. The lowest BCUT2D eigenvalue weighted by Gasteiger charge is -2.10. The van der Waals surface area contributed by atoms with Crippen LogP contribution >= 0.6 is 15.9 Å². The number of nitrogens with one attached hydrogen (secondary N) is 1. The third-order valence-electron chi connectivity index (χ3n) is 2.61. The number of hydrogen-bond acceptors (Lipinski definition) is 4. The Kier molecular flexibility index (Phi) is 4.20. The zero-order valence-electron chi connectivity index (χ0n) is 10.6. The quantitative estimate of drug-likeness (QED) is 0.825. The van der Waals surface area contributed by atoms with Crippen LogP contribution in [0.25, 0.3) is 0 Å². The Labute approximate surface area is 125 Å². The van der Waals surface area contributed by atoms with Crippen molar-refractivity contribution in [2.75, 3.05) is 17.6 Å². The first-order valence-electron chi connectivity index (χ1n) is 5.64. The number of halogens is 1. The van der Waals surface area contributed by atoms with E-state index < -0.39 is 10.0 Å². The number of hydrogen-bond donors (Lipinski definition) is 2. The van der Waals surface area contributed by atoms with Crippen molar-refractivity contribution >= 4 is 37.3 Å². The fourth-order valence-corrected chi connectivity index (χ4v) is 2.92. The van der Waals surface area contributed by atoms with Crippen LogP contribution in [0.3, 0.4) is 0 Å². The Morgan fingerprint density at radius 1 is 1.15 bits per heavy atom. The summed E-state index contributed by atoms with van der Waals surface area (Å²) in [5.74, 6) is 0.418. The van der Waals surface area contributed by atoms with Gasteiger partial charge in [-0.05, 0) is 36.4 Å². The predicted molar refractivity (Wildman–Crippen MR) is 82.4 cm³/mol. The molecular formula is C13H13BrN2O3S. The smallest absolute Gasteiger partial charge is 0.261 e. The highest BCUT2D eigenvalue weighted by molar-refractivity contribution is 9.10. The summed E-state index contributed by atoms with van der Waals surface area (Å²) < 4.78 is 32.7. The molecule has 0 aliphatic carbocycles. The van der Waals surface area contributed by atoms with Crippen LogP contribution in [0, 0.1) is 0 Å². The van der Waals surface area contributed by atoms with E-state index in [1.165, 1.54) is 25.3 Å². The summed E-state index contributed by atoms with van der Waals surface area (Å²) in [6, 6.07) is 11.1. The van der Waals surface area contributed by atoms with Crippen LogP contribution in [-0.2, 0) is 10.0 Å². The summed E-state index contributed by atoms with van der Waals surface area (Å²) in [7, 11) is -2.16. The molecule has 7 heteroatoms. The summed E-state index contributed by atoms with van der Waals surface area (Å²) in [6.45, 7) is 0. The van der Waals surface area contributed by atoms with Gasteiger partial charge < -0.3 is 10.5 Å². The Hall–Kier alpha value is -1.73. The normalized spacial score (nSPS) is 11.1. The Morgan fingerprint density at radius 3 is 2.40 bits per heavy atom. The second kappa shape index (κ2) is 5.72. The SMILES string of the molecule is COc1cc(NS(=O)(=O)c2ccc(Br)cc2)ccc1N. The molecule has 0 saturated heterocycles. The van der Waals surface area contributed by atoms with Gasteiger partial charge in [0.2, 0.25) is 0 Å². The maximum Gasteiger partial charge on any atom is 0.261 e. The van der Waals surface area contributed by atoms with Crippen LogP contribution in [0.4, 0.5) is 11.4 Å². The van der Waals surface area contributed by atoms with E-state index in [4.69, 9.17) is 10.5 Å². The zero-order chi connectivity index (χ0) is 14.8. The first-order valence-corrected chi connectivity index (χ1v) is 7.92. The average Bonchev–Trinajstić information content (AvgIpc) is 2.41. The van der Waals surface area contributed by atoms with Crippen LogP contribution in [0.1, 0.15) is 0 Å². The summed E-state index contributed by atoms with van der Waals surface area (Å²) >= 11 is 3.26. The van der Waals surface area contributed by atoms with Crippen LogP contribution in [0.15, 0.2) is 51.8 Å². The van der Waals surface area contributed by atoms with Crippen molar-refractivity contribution in [3.05, 3.63) is 46.9 Å². The first kappa shape index (κ1) is 14.7. The van der Waals surface area contributed by atoms with E-state index in [0.717, 1.165) is 4.47 Å². The molecule has 0 amide bonds. The second-order valence-electron chi connectivity index (χ2n) is 4.02. The lowest BCUT2D eigenvalue weighted by atomic mass is 10.2. The van der Waals surface area contributed by atoms with Gasteiger partial charge in [-0.1, -0.05) is 15.9 Å². The van der Waals surface area contributed by atoms with Crippen molar-refractivity contribution in [1.82, 2.24) is 0 Å². The van der Waals surface area contributed by atoms with Crippen LogP contribution in [0.2, 0.25) is 0 Å². The number of rotatable bonds is 4. The molecule has 0 aliphatic rings. The van der Waals surface area contributed by atoms with Gasteiger partial charge >= 0.3 is 0 Å². The van der Waals surface area contributed by atoms with Crippen molar-refractivity contribution in [2.24, 2.45) is 0 Å². The van der Waals surface area contributed by atoms with Crippen LogP contribution < -0.4 is 15.2 Å². The van der Waals surface area contributed by atoms with Crippen molar-refractivity contribution in [3.8, 4) is 5.75 Å². The lowest BCUT2D eigenvalue weighted by molar-refractivity contribution is 0.417. The second-order valence-corrected chi connectivity index (χ2v) is 6.61. The van der Waals surface area contributed by atoms with Gasteiger partial charge in [0.05, 0.1) is 23.4 Å². The molecule has 0 bridgehead atoms. The van der Waals surface area contributed by atoms with E-state index in [1.54, 1.807) is 24.3 Å². The highest BCUT2D eigenvalue weighted by Gasteiger charge is 2.14. The highest BCUT2D eigenvalue weighted by Crippen LogP contribution is 2.26. The van der Waals surface area contributed by atoms with E-state index in [-0.39, 0.29) is 4.90 Å². The molecule has 0 aromatic heterocycles. The van der Waals surface area contributed by atoms with Crippen molar-refractivity contribution in [1.29, 1.82) is 0 Å². The van der Waals surface area contributed by atoms with Gasteiger partial charge in [0, 0.05) is 10.5 Å². The molecule has 0 heterocycles. The minimum Gasteiger partial charge on any atom is -0.495 e. The van der Waals surface area contributed by atoms with Crippen molar-refractivity contribution in [3.63, 3.8) is 0 Å². The molecule has 2 aromatic carbocycles. The standard InChI is InChI=1S/C13H13BrN2O3S/c1-19-13-8-10(4-7-12(13)15)16-20(17,18)11-5-2-9(14)3-6-11/h2-8,16H,15H2,1H3. The fourth-order valence-electron chi connectivity index (χ4n) is 1.60. The van der Waals surface area contributed by atoms with Crippen LogP contribution in [0.5, 0.6) is 5.75 Å². The molecule has 106 valence electrons. The maximum absolute atomic E-state index is 12.2. The third kappa shape index (κ3) is 3.23. The van der Waals surface area contributed by atoms with Gasteiger partial charge in [-0.15, -0.1) is 0 Å². The average molecular weight is 357 g/mol.